The largest absolute Gasteiger partial charge is 0.484 e. The van der Waals surface area contributed by atoms with Crippen LogP contribution in [0.4, 0.5) is 5.69 Å². The molecule has 8 heteroatoms. The van der Waals surface area contributed by atoms with E-state index in [0.717, 1.165) is 10.4 Å². The summed E-state index contributed by atoms with van der Waals surface area (Å²) in [6.45, 7) is 2.27. The first-order chi connectivity index (χ1) is 13.9. The lowest BCUT2D eigenvalue weighted by molar-refractivity contribution is -0.123. The number of carbonyl (C=O) groups is 1. The van der Waals surface area contributed by atoms with Gasteiger partial charge >= 0.3 is 0 Å². The van der Waals surface area contributed by atoms with Crippen molar-refractivity contribution in [3.63, 3.8) is 0 Å². The van der Waals surface area contributed by atoms with Crippen LogP contribution in [0.3, 0.4) is 0 Å². The summed E-state index contributed by atoms with van der Waals surface area (Å²) < 4.78 is 32.2. The number of sulfonamides is 1. The molecule has 0 aliphatic carbocycles. The van der Waals surface area contributed by atoms with Crippen molar-refractivity contribution in [3.05, 3.63) is 76.5 Å². The lowest BCUT2D eigenvalue weighted by Crippen LogP contribution is -2.28. The lowest BCUT2D eigenvalue weighted by Gasteiger charge is -2.20. The molecule has 0 saturated heterocycles. The fourth-order valence-corrected chi connectivity index (χ4v) is 4.40. The molecule has 0 saturated carbocycles. The third kappa shape index (κ3) is 5.36. The Morgan fingerprint density at radius 2 is 1.76 bits per heavy atom. The van der Waals surface area contributed by atoms with E-state index in [1.54, 1.807) is 59.9 Å². The third-order valence-electron chi connectivity index (χ3n) is 4.29. The highest BCUT2D eigenvalue weighted by atomic mass is 32.2. The van der Waals surface area contributed by atoms with E-state index in [1.807, 2.05) is 24.4 Å². The monoisotopic (exact) mass is 430 g/mol. The van der Waals surface area contributed by atoms with Crippen LogP contribution in [0.2, 0.25) is 0 Å². The minimum absolute atomic E-state index is 0.109. The van der Waals surface area contributed by atoms with Crippen molar-refractivity contribution < 1.29 is 17.9 Å². The molecule has 0 aliphatic rings. The van der Waals surface area contributed by atoms with Gasteiger partial charge in [-0.2, -0.15) is 0 Å². The molecule has 1 heterocycles. The van der Waals surface area contributed by atoms with Gasteiger partial charge < -0.3 is 10.1 Å². The van der Waals surface area contributed by atoms with E-state index in [0.29, 0.717) is 18.0 Å². The van der Waals surface area contributed by atoms with Crippen LogP contribution in [0.1, 0.15) is 10.4 Å². The van der Waals surface area contributed by atoms with Crippen molar-refractivity contribution in [1.29, 1.82) is 0 Å². The number of hydrogen-bond donors (Lipinski definition) is 1. The number of benzene rings is 2. The van der Waals surface area contributed by atoms with Gasteiger partial charge in [0.1, 0.15) is 5.75 Å². The normalized spacial score (nSPS) is 11.1. The van der Waals surface area contributed by atoms with Crippen molar-refractivity contribution in [2.24, 2.45) is 0 Å². The maximum Gasteiger partial charge on any atom is 0.264 e. The van der Waals surface area contributed by atoms with Gasteiger partial charge in [0.2, 0.25) is 0 Å². The molecule has 0 aliphatic heterocycles. The zero-order valence-corrected chi connectivity index (χ0v) is 17.8. The van der Waals surface area contributed by atoms with Crippen molar-refractivity contribution in [1.82, 2.24) is 5.32 Å². The van der Waals surface area contributed by atoms with Crippen molar-refractivity contribution in [2.75, 3.05) is 18.0 Å². The zero-order valence-electron chi connectivity index (χ0n) is 16.2. The topological polar surface area (TPSA) is 75.7 Å². The highest BCUT2D eigenvalue weighted by Gasteiger charge is 2.21. The number of aryl methyl sites for hydroxylation is 1. The van der Waals surface area contributed by atoms with Gasteiger partial charge in [0.15, 0.2) is 6.61 Å². The summed E-state index contributed by atoms with van der Waals surface area (Å²) >= 11 is 1.58. The van der Waals surface area contributed by atoms with Crippen LogP contribution >= 0.6 is 11.3 Å². The summed E-state index contributed by atoms with van der Waals surface area (Å²) in [5, 5.41) is 4.74. The van der Waals surface area contributed by atoms with Crippen molar-refractivity contribution in [3.8, 4) is 5.75 Å². The Hall–Kier alpha value is -2.84. The minimum atomic E-state index is -3.65. The molecule has 1 amide bonds. The summed E-state index contributed by atoms with van der Waals surface area (Å²) in [5.41, 5.74) is 1.49. The molecule has 1 N–H and O–H groups in total. The second kappa shape index (κ2) is 9.11. The van der Waals surface area contributed by atoms with E-state index in [2.05, 4.69) is 5.32 Å². The van der Waals surface area contributed by atoms with Crippen LogP contribution in [0, 0.1) is 6.92 Å². The molecule has 29 heavy (non-hydrogen) atoms. The van der Waals surface area contributed by atoms with Gasteiger partial charge in [0.25, 0.3) is 15.9 Å². The van der Waals surface area contributed by atoms with Gasteiger partial charge in [-0.3, -0.25) is 9.10 Å². The fraction of sp³-hybridized carbons (Fsp3) is 0.190. The van der Waals surface area contributed by atoms with Gasteiger partial charge in [-0.15, -0.1) is 11.3 Å². The second-order valence-corrected chi connectivity index (χ2v) is 9.43. The molecule has 0 fully saturated rings. The van der Waals surface area contributed by atoms with E-state index in [1.165, 1.54) is 11.4 Å². The molecule has 6 nitrogen and oxygen atoms in total. The SMILES string of the molecule is Cc1ccc(S(=O)(=O)N(C)c2ccc(OCC(=O)NCc3cccs3)cc2)cc1. The number of carbonyl (C=O) groups excluding carboxylic acids is 1. The fourth-order valence-electron chi connectivity index (χ4n) is 2.56. The number of amides is 1. The number of thiophene rings is 1. The molecule has 3 aromatic rings. The second-order valence-electron chi connectivity index (χ2n) is 6.42. The van der Waals surface area contributed by atoms with Crippen LogP contribution in [-0.2, 0) is 21.4 Å². The highest BCUT2D eigenvalue weighted by Crippen LogP contribution is 2.24. The smallest absolute Gasteiger partial charge is 0.264 e. The maximum atomic E-state index is 12.8. The Kier molecular flexibility index (Phi) is 6.56. The predicted octanol–water partition coefficient (Wildman–Crippen LogP) is 3.58. The Labute approximate surface area is 174 Å². The van der Waals surface area contributed by atoms with Gasteiger partial charge in [-0.1, -0.05) is 23.8 Å². The predicted molar refractivity (Wildman–Crippen MR) is 115 cm³/mol. The first kappa shape index (κ1) is 20.9. The summed E-state index contributed by atoms with van der Waals surface area (Å²) in [6, 6.07) is 17.2. The zero-order chi connectivity index (χ0) is 20.9. The average Bonchev–Trinajstić information content (AvgIpc) is 3.24. The molecule has 0 radical (unpaired) electrons. The van der Waals surface area contributed by atoms with Crippen LogP contribution in [-0.4, -0.2) is 28.0 Å². The Balaban J connectivity index is 1.57. The Bertz CT molecular complexity index is 1050. The molecule has 152 valence electrons. The molecule has 1 aromatic heterocycles. The summed E-state index contributed by atoms with van der Waals surface area (Å²) in [7, 11) is -2.14. The number of anilines is 1. The Morgan fingerprint density at radius 3 is 2.38 bits per heavy atom. The lowest BCUT2D eigenvalue weighted by atomic mass is 10.2. The van der Waals surface area contributed by atoms with E-state index < -0.39 is 10.0 Å². The van der Waals surface area contributed by atoms with Crippen LogP contribution in [0.5, 0.6) is 5.75 Å². The minimum Gasteiger partial charge on any atom is -0.484 e. The molecule has 0 unspecified atom stereocenters. The highest BCUT2D eigenvalue weighted by molar-refractivity contribution is 7.92. The number of ether oxygens (including phenoxy) is 1. The number of nitrogens with one attached hydrogen (secondary N) is 1. The molecular formula is C21H22N2O4S2. The van der Waals surface area contributed by atoms with Gasteiger partial charge in [0.05, 0.1) is 17.1 Å². The number of nitrogens with zero attached hydrogens (tertiary/aromatic N) is 1. The molecule has 0 spiro atoms. The first-order valence-electron chi connectivity index (χ1n) is 8.94. The number of hydrogen-bond acceptors (Lipinski definition) is 5. The van der Waals surface area contributed by atoms with Crippen LogP contribution in [0.15, 0.2) is 70.9 Å². The van der Waals surface area contributed by atoms with Crippen molar-refractivity contribution >= 4 is 33.0 Å². The summed E-state index contributed by atoms with van der Waals surface area (Å²) in [5.74, 6) is 0.266. The van der Waals surface area contributed by atoms with Crippen LogP contribution in [0.25, 0.3) is 0 Å². The van der Waals surface area contributed by atoms with Gasteiger partial charge in [0, 0.05) is 11.9 Å². The Morgan fingerprint density at radius 1 is 1.07 bits per heavy atom. The van der Waals surface area contributed by atoms with E-state index in [4.69, 9.17) is 4.74 Å². The third-order valence-corrected chi connectivity index (χ3v) is 6.97. The van der Waals surface area contributed by atoms with Gasteiger partial charge in [-0.25, -0.2) is 8.42 Å². The maximum absolute atomic E-state index is 12.8. The van der Waals surface area contributed by atoms with Gasteiger partial charge in [-0.05, 0) is 54.8 Å². The molecule has 0 atom stereocenters. The number of rotatable bonds is 8. The van der Waals surface area contributed by atoms with E-state index >= 15 is 0 Å². The summed E-state index contributed by atoms with van der Waals surface area (Å²) in [6.07, 6.45) is 0. The van der Waals surface area contributed by atoms with Crippen LogP contribution < -0.4 is 14.4 Å². The van der Waals surface area contributed by atoms with E-state index in [-0.39, 0.29) is 17.4 Å². The quantitative estimate of drug-likeness (QED) is 0.593. The first-order valence-corrected chi connectivity index (χ1v) is 11.3. The molecular weight excluding hydrogens is 408 g/mol. The van der Waals surface area contributed by atoms with E-state index in [9.17, 15) is 13.2 Å². The molecule has 0 bridgehead atoms. The summed E-state index contributed by atoms with van der Waals surface area (Å²) in [4.78, 5) is 13.2. The van der Waals surface area contributed by atoms with Crippen molar-refractivity contribution in [2.45, 2.75) is 18.4 Å². The standard InChI is InChI=1S/C21H22N2O4S2/c1-16-5-11-20(12-6-16)29(25,26)23(2)17-7-9-18(10-8-17)27-15-21(24)22-14-19-4-3-13-28-19/h3-13H,14-15H2,1-2H3,(H,22,24). The average molecular weight is 431 g/mol. The molecule has 2 aromatic carbocycles. The molecule has 3 rings (SSSR count).